The molecular formula is C12H11ClN2S. The normalized spacial score (nSPS) is 10.1. The molecule has 0 bridgehead atoms. The van der Waals surface area contributed by atoms with Gasteiger partial charge in [-0.15, -0.1) is 0 Å². The van der Waals surface area contributed by atoms with Gasteiger partial charge < -0.3 is 5.32 Å². The number of hydrogen-bond acceptors (Lipinski definition) is 3. The number of pyridine rings is 1. The Morgan fingerprint density at radius 1 is 1.12 bits per heavy atom. The van der Waals surface area contributed by atoms with Crippen LogP contribution in [0.25, 0.3) is 0 Å². The molecule has 82 valence electrons. The molecule has 1 heterocycles. The second kappa shape index (κ2) is 5.23. The van der Waals surface area contributed by atoms with Crippen molar-refractivity contribution < 1.29 is 0 Å². The maximum atomic E-state index is 5.83. The Bertz CT molecular complexity index is 471. The molecule has 16 heavy (non-hydrogen) atoms. The summed E-state index contributed by atoms with van der Waals surface area (Å²) >= 11 is 7.52. The third-order valence-electron chi connectivity index (χ3n) is 2.04. The van der Waals surface area contributed by atoms with Gasteiger partial charge in [-0.3, -0.25) is 0 Å². The number of hydrogen-bond donors (Lipinski definition) is 1. The van der Waals surface area contributed by atoms with Crippen LogP contribution < -0.4 is 5.32 Å². The zero-order valence-electron chi connectivity index (χ0n) is 8.77. The molecule has 2 nitrogen and oxygen atoms in total. The first-order valence-electron chi connectivity index (χ1n) is 4.85. The van der Waals surface area contributed by atoms with Crippen LogP contribution in [0.5, 0.6) is 0 Å². The van der Waals surface area contributed by atoms with Gasteiger partial charge in [0.05, 0.1) is 0 Å². The molecule has 0 saturated carbocycles. The summed E-state index contributed by atoms with van der Waals surface area (Å²) in [6.07, 6.45) is 1.80. The van der Waals surface area contributed by atoms with Crippen LogP contribution in [0, 0.1) is 0 Å². The summed E-state index contributed by atoms with van der Waals surface area (Å²) in [5, 5.41) is 3.78. The minimum absolute atomic E-state index is 0.759. The Labute approximate surface area is 104 Å². The highest BCUT2D eigenvalue weighted by Crippen LogP contribution is 2.29. The van der Waals surface area contributed by atoms with Gasteiger partial charge in [-0.1, -0.05) is 23.4 Å². The van der Waals surface area contributed by atoms with E-state index in [1.165, 1.54) is 0 Å². The van der Waals surface area contributed by atoms with Crippen LogP contribution in [0.4, 0.5) is 5.82 Å². The van der Waals surface area contributed by atoms with Crippen LogP contribution in [-0.4, -0.2) is 12.0 Å². The summed E-state index contributed by atoms with van der Waals surface area (Å²) in [6, 6.07) is 11.8. The lowest BCUT2D eigenvalue weighted by Crippen LogP contribution is -1.90. The van der Waals surface area contributed by atoms with Crippen molar-refractivity contribution in [1.29, 1.82) is 0 Å². The molecule has 0 aliphatic rings. The highest BCUT2D eigenvalue weighted by molar-refractivity contribution is 7.99. The van der Waals surface area contributed by atoms with Crippen molar-refractivity contribution in [1.82, 2.24) is 4.98 Å². The van der Waals surface area contributed by atoms with E-state index in [2.05, 4.69) is 10.3 Å². The van der Waals surface area contributed by atoms with Gasteiger partial charge in [0, 0.05) is 28.1 Å². The summed E-state index contributed by atoms with van der Waals surface area (Å²) in [5.74, 6) is 0.874. The molecule has 0 radical (unpaired) electrons. The van der Waals surface area contributed by atoms with E-state index in [0.717, 1.165) is 20.6 Å². The number of rotatable bonds is 3. The third kappa shape index (κ3) is 2.90. The molecule has 0 amide bonds. The number of anilines is 1. The largest absolute Gasteiger partial charge is 0.373 e. The van der Waals surface area contributed by atoms with E-state index in [1.54, 1.807) is 18.0 Å². The number of aromatic nitrogens is 1. The van der Waals surface area contributed by atoms with Crippen LogP contribution in [0.2, 0.25) is 5.02 Å². The molecule has 0 spiro atoms. The van der Waals surface area contributed by atoms with Crippen molar-refractivity contribution in [3.05, 3.63) is 47.6 Å². The highest BCUT2D eigenvalue weighted by Gasteiger charge is 1.99. The van der Waals surface area contributed by atoms with Gasteiger partial charge in [0.1, 0.15) is 5.82 Å². The Morgan fingerprint density at radius 3 is 2.56 bits per heavy atom. The zero-order valence-corrected chi connectivity index (χ0v) is 10.3. The molecule has 0 unspecified atom stereocenters. The van der Waals surface area contributed by atoms with Crippen molar-refractivity contribution in [2.24, 2.45) is 0 Å². The minimum Gasteiger partial charge on any atom is -0.373 e. The van der Waals surface area contributed by atoms with E-state index in [0.29, 0.717) is 0 Å². The van der Waals surface area contributed by atoms with Crippen molar-refractivity contribution in [2.75, 3.05) is 12.4 Å². The fourth-order valence-corrected chi connectivity index (χ4v) is 2.22. The first-order chi connectivity index (χ1) is 7.78. The smallest absolute Gasteiger partial charge is 0.126 e. The van der Waals surface area contributed by atoms with Gasteiger partial charge in [-0.25, -0.2) is 4.98 Å². The summed E-state index contributed by atoms with van der Waals surface area (Å²) < 4.78 is 0. The molecule has 0 saturated heterocycles. The van der Waals surface area contributed by atoms with Crippen molar-refractivity contribution >= 4 is 29.2 Å². The standard InChI is InChI=1S/C12H11ClN2S/c1-14-12-8-11(6-7-15-12)16-10-4-2-9(13)3-5-10/h2-8H,1H3,(H,14,15). The lowest BCUT2D eigenvalue weighted by atomic mass is 10.4. The van der Waals surface area contributed by atoms with Crippen LogP contribution in [0.1, 0.15) is 0 Å². The zero-order chi connectivity index (χ0) is 11.4. The Balaban J connectivity index is 2.16. The average Bonchev–Trinajstić information content (AvgIpc) is 2.32. The average molecular weight is 251 g/mol. The minimum atomic E-state index is 0.759. The van der Waals surface area contributed by atoms with Crippen molar-refractivity contribution in [3.8, 4) is 0 Å². The SMILES string of the molecule is CNc1cc(Sc2ccc(Cl)cc2)ccn1. The molecule has 0 atom stereocenters. The Morgan fingerprint density at radius 2 is 1.88 bits per heavy atom. The number of nitrogens with one attached hydrogen (secondary N) is 1. The van der Waals surface area contributed by atoms with Gasteiger partial charge in [0.25, 0.3) is 0 Å². The lowest BCUT2D eigenvalue weighted by Gasteiger charge is -2.03. The van der Waals surface area contributed by atoms with Gasteiger partial charge in [0.15, 0.2) is 0 Å². The molecule has 1 N–H and O–H groups in total. The second-order valence-corrected chi connectivity index (χ2v) is 4.77. The second-order valence-electron chi connectivity index (χ2n) is 3.18. The summed E-state index contributed by atoms with van der Waals surface area (Å²) in [4.78, 5) is 6.49. The quantitative estimate of drug-likeness (QED) is 0.894. The Hall–Kier alpha value is -1.19. The molecule has 4 heteroatoms. The molecule has 0 fully saturated rings. The molecule has 2 aromatic rings. The Kier molecular flexibility index (Phi) is 3.70. The molecular weight excluding hydrogens is 240 g/mol. The van der Waals surface area contributed by atoms with E-state index in [-0.39, 0.29) is 0 Å². The third-order valence-corrected chi connectivity index (χ3v) is 3.29. The number of benzene rings is 1. The summed E-state index contributed by atoms with van der Waals surface area (Å²) in [5.41, 5.74) is 0. The van der Waals surface area contributed by atoms with Crippen LogP contribution in [0.15, 0.2) is 52.4 Å². The molecule has 0 aliphatic heterocycles. The monoisotopic (exact) mass is 250 g/mol. The van der Waals surface area contributed by atoms with Gasteiger partial charge >= 0.3 is 0 Å². The van der Waals surface area contributed by atoms with Gasteiger partial charge in [0.2, 0.25) is 0 Å². The summed E-state index contributed by atoms with van der Waals surface area (Å²) in [6.45, 7) is 0. The van der Waals surface area contributed by atoms with E-state index < -0.39 is 0 Å². The van der Waals surface area contributed by atoms with E-state index in [1.807, 2.05) is 43.4 Å². The molecule has 1 aromatic carbocycles. The number of nitrogens with zero attached hydrogens (tertiary/aromatic N) is 1. The highest BCUT2D eigenvalue weighted by atomic mass is 35.5. The lowest BCUT2D eigenvalue weighted by molar-refractivity contribution is 1.23. The van der Waals surface area contributed by atoms with Crippen molar-refractivity contribution in [3.63, 3.8) is 0 Å². The topological polar surface area (TPSA) is 24.9 Å². The van der Waals surface area contributed by atoms with E-state index in [4.69, 9.17) is 11.6 Å². The molecule has 2 rings (SSSR count). The van der Waals surface area contributed by atoms with Gasteiger partial charge in [-0.2, -0.15) is 0 Å². The van der Waals surface area contributed by atoms with Crippen LogP contribution >= 0.6 is 23.4 Å². The van der Waals surface area contributed by atoms with Crippen molar-refractivity contribution in [2.45, 2.75) is 9.79 Å². The van der Waals surface area contributed by atoms with Crippen LogP contribution in [-0.2, 0) is 0 Å². The maximum absolute atomic E-state index is 5.83. The van der Waals surface area contributed by atoms with E-state index >= 15 is 0 Å². The molecule has 1 aromatic heterocycles. The van der Waals surface area contributed by atoms with Crippen LogP contribution in [0.3, 0.4) is 0 Å². The number of halogens is 1. The predicted molar refractivity (Wildman–Crippen MR) is 69.4 cm³/mol. The first kappa shape index (κ1) is 11.3. The van der Waals surface area contributed by atoms with Gasteiger partial charge in [-0.05, 0) is 36.4 Å². The predicted octanol–water partition coefficient (Wildman–Crippen LogP) is 3.93. The maximum Gasteiger partial charge on any atom is 0.126 e. The first-order valence-corrected chi connectivity index (χ1v) is 6.04. The molecule has 0 aliphatic carbocycles. The fraction of sp³-hybridized carbons (Fsp3) is 0.0833. The van der Waals surface area contributed by atoms with E-state index in [9.17, 15) is 0 Å². The summed E-state index contributed by atoms with van der Waals surface area (Å²) in [7, 11) is 1.86. The fourth-order valence-electron chi connectivity index (χ4n) is 1.25.